The third-order valence-corrected chi connectivity index (χ3v) is 5.66. The third kappa shape index (κ3) is 5.78. The van der Waals surface area contributed by atoms with Crippen molar-refractivity contribution in [1.82, 2.24) is 10.1 Å². The number of ether oxygens (including phenoxy) is 1. The molecule has 0 aliphatic rings. The number of rotatable bonds is 6. The number of H-pyrrole nitrogens is 1. The normalized spacial score (nSPS) is 12.1. The molecule has 0 aliphatic heterocycles. The van der Waals surface area contributed by atoms with Crippen molar-refractivity contribution in [2.75, 3.05) is 5.32 Å². The number of hydrogen-bond acceptors (Lipinski definition) is 6. The number of anilines is 1. The van der Waals surface area contributed by atoms with Crippen molar-refractivity contribution in [3.63, 3.8) is 0 Å². The SMILES string of the molecule is CC(=O)OC(C(=O)Nc1ccc(-c2noc(=O)[nH]2)cc1)c1cccc(-c2ccc(C(C)(C)C)cc2)c1. The zero-order valence-corrected chi connectivity index (χ0v) is 20.5. The average Bonchev–Trinajstić information content (AvgIpc) is 3.28. The van der Waals surface area contributed by atoms with Crippen LogP contribution >= 0.6 is 0 Å². The van der Waals surface area contributed by atoms with Crippen molar-refractivity contribution in [3.05, 3.63) is 94.5 Å². The third-order valence-electron chi connectivity index (χ3n) is 5.66. The van der Waals surface area contributed by atoms with E-state index in [0.29, 0.717) is 16.8 Å². The Bertz CT molecular complexity index is 1430. The van der Waals surface area contributed by atoms with Crippen LogP contribution in [0.15, 0.2) is 82.1 Å². The largest absolute Gasteiger partial charge is 0.447 e. The van der Waals surface area contributed by atoms with E-state index in [9.17, 15) is 14.4 Å². The van der Waals surface area contributed by atoms with E-state index in [2.05, 4.69) is 52.9 Å². The summed E-state index contributed by atoms with van der Waals surface area (Å²) in [6, 6.07) is 22.3. The summed E-state index contributed by atoms with van der Waals surface area (Å²) in [4.78, 5) is 38.6. The first-order valence-corrected chi connectivity index (χ1v) is 11.5. The highest BCUT2D eigenvalue weighted by atomic mass is 16.5. The Morgan fingerprint density at radius 1 is 0.944 bits per heavy atom. The van der Waals surface area contributed by atoms with E-state index in [-0.39, 0.29) is 11.2 Å². The molecule has 4 aromatic rings. The summed E-state index contributed by atoms with van der Waals surface area (Å²) in [6.45, 7) is 7.75. The lowest BCUT2D eigenvalue weighted by Gasteiger charge is -2.20. The minimum Gasteiger partial charge on any atom is -0.447 e. The summed E-state index contributed by atoms with van der Waals surface area (Å²) in [6.07, 6.45) is -1.14. The number of nitrogens with zero attached hydrogens (tertiary/aromatic N) is 1. The number of aromatic amines is 1. The van der Waals surface area contributed by atoms with Crippen molar-refractivity contribution in [2.45, 2.75) is 39.2 Å². The van der Waals surface area contributed by atoms with Gasteiger partial charge in [-0.3, -0.25) is 19.1 Å². The molecule has 3 aromatic carbocycles. The van der Waals surface area contributed by atoms with Gasteiger partial charge in [0.2, 0.25) is 6.10 Å². The summed E-state index contributed by atoms with van der Waals surface area (Å²) in [5, 5.41) is 6.42. The van der Waals surface area contributed by atoms with Crippen LogP contribution in [0.2, 0.25) is 0 Å². The van der Waals surface area contributed by atoms with Gasteiger partial charge in [-0.15, -0.1) is 0 Å². The molecule has 0 radical (unpaired) electrons. The molecule has 1 atom stereocenters. The minimum atomic E-state index is -1.14. The Kier molecular flexibility index (Phi) is 6.87. The molecule has 8 heteroatoms. The molecule has 0 bridgehead atoms. The molecular formula is C28H27N3O5. The van der Waals surface area contributed by atoms with Gasteiger partial charge >= 0.3 is 11.7 Å². The second kappa shape index (κ2) is 10.0. The molecular weight excluding hydrogens is 458 g/mol. The van der Waals surface area contributed by atoms with Crippen LogP contribution in [0.4, 0.5) is 5.69 Å². The van der Waals surface area contributed by atoms with Crippen LogP contribution in [0.5, 0.6) is 0 Å². The highest BCUT2D eigenvalue weighted by molar-refractivity contribution is 5.96. The van der Waals surface area contributed by atoms with Gasteiger partial charge in [-0.2, -0.15) is 0 Å². The number of aromatic nitrogens is 2. The van der Waals surface area contributed by atoms with E-state index < -0.39 is 23.7 Å². The molecule has 1 unspecified atom stereocenters. The van der Waals surface area contributed by atoms with Crippen molar-refractivity contribution in [2.24, 2.45) is 0 Å². The van der Waals surface area contributed by atoms with Crippen LogP contribution in [-0.2, 0) is 19.7 Å². The Balaban J connectivity index is 1.56. The van der Waals surface area contributed by atoms with Crippen LogP contribution in [0.3, 0.4) is 0 Å². The molecule has 8 nitrogen and oxygen atoms in total. The predicted molar refractivity (Wildman–Crippen MR) is 136 cm³/mol. The molecule has 1 aromatic heterocycles. The molecule has 0 saturated carbocycles. The van der Waals surface area contributed by atoms with Gasteiger partial charge in [-0.1, -0.05) is 68.4 Å². The van der Waals surface area contributed by atoms with E-state index >= 15 is 0 Å². The standard InChI is InChI=1S/C28H27N3O5/c1-17(32)35-24(26(33)29-23-14-10-19(11-15-23)25-30-27(34)36-31-25)21-7-5-6-20(16-21)18-8-12-22(13-9-18)28(2,3)4/h5-16,24H,1-4H3,(H,29,33)(H,30,31,34). The first kappa shape index (κ1) is 24.7. The molecule has 1 amide bonds. The first-order chi connectivity index (χ1) is 17.1. The lowest BCUT2D eigenvalue weighted by molar-refractivity contribution is -0.152. The van der Waals surface area contributed by atoms with Crippen LogP contribution < -0.4 is 11.1 Å². The minimum absolute atomic E-state index is 0.0450. The maximum absolute atomic E-state index is 13.1. The molecule has 36 heavy (non-hydrogen) atoms. The fourth-order valence-electron chi connectivity index (χ4n) is 3.76. The molecule has 0 aliphatic carbocycles. The summed E-state index contributed by atoms with van der Waals surface area (Å²) in [5.74, 6) is -1.43. The Labute approximate surface area is 208 Å². The molecule has 184 valence electrons. The van der Waals surface area contributed by atoms with Crippen LogP contribution in [-0.4, -0.2) is 22.0 Å². The number of carbonyl (C=O) groups is 2. The molecule has 0 fully saturated rings. The molecule has 0 spiro atoms. The van der Waals surface area contributed by atoms with Crippen LogP contribution in [0.25, 0.3) is 22.5 Å². The predicted octanol–water partition coefficient (Wildman–Crippen LogP) is 5.24. The van der Waals surface area contributed by atoms with E-state index in [0.717, 1.165) is 11.1 Å². The van der Waals surface area contributed by atoms with E-state index in [1.807, 2.05) is 30.3 Å². The fourth-order valence-corrected chi connectivity index (χ4v) is 3.76. The maximum Gasteiger partial charge on any atom is 0.439 e. The maximum atomic E-state index is 13.1. The monoisotopic (exact) mass is 485 g/mol. The number of esters is 1. The van der Waals surface area contributed by atoms with Gasteiger partial charge in [0.05, 0.1) is 0 Å². The van der Waals surface area contributed by atoms with Gasteiger partial charge in [0, 0.05) is 23.7 Å². The Morgan fingerprint density at radius 2 is 1.61 bits per heavy atom. The smallest absolute Gasteiger partial charge is 0.439 e. The van der Waals surface area contributed by atoms with Crippen LogP contribution in [0.1, 0.15) is 44.9 Å². The number of carbonyl (C=O) groups excluding carboxylic acids is 2. The number of benzene rings is 3. The van der Waals surface area contributed by atoms with Gasteiger partial charge in [-0.05, 0) is 52.4 Å². The Hall–Kier alpha value is -4.46. The van der Waals surface area contributed by atoms with E-state index in [1.165, 1.54) is 12.5 Å². The van der Waals surface area contributed by atoms with Gasteiger partial charge in [-0.25, -0.2) is 4.79 Å². The second-order valence-electron chi connectivity index (χ2n) is 9.45. The number of nitrogens with one attached hydrogen (secondary N) is 2. The van der Waals surface area contributed by atoms with Crippen molar-refractivity contribution in [3.8, 4) is 22.5 Å². The van der Waals surface area contributed by atoms with Crippen LogP contribution in [0, 0.1) is 0 Å². The van der Waals surface area contributed by atoms with Gasteiger partial charge in [0.1, 0.15) is 0 Å². The zero-order chi connectivity index (χ0) is 25.9. The molecule has 2 N–H and O–H groups in total. The summed E-state index contributed by atoms with van der Waals surface area (Å²) in [7, 11) is 0. The molecule has 0 saturated heterocycles. The highest BCUT2D eigenvalue weighted by Crippen LogP contribution is 2.29. The lowest BCUT2D eigenvalue weighted by Crippen LogP contribution is -2.25. The average molecular weight is 486 g/mol. The summed E-state index contributed by atoms with van der Waals surface area (Å²) < 4.78 is 9.92. The van der Waals surface area contributed by atoms with Crippen molar-refractivity contribution < 1.29 is 18.8 Å². The summed E-state index contributed by atoms with van der Waals surface area (Å²) >= 11 is 0. The van der Waals surface area contributed by atoms with Gasteiger partial charge in [0.15, 0.2) is 5.82 Å². The second-order valence-corrected chi connectivity index (χ2v) is 9.45. The quantitative estimate of drug-likeness (QED) is 0.361. The van der Waals surface area contributed by atoms with E-state index in [1.54, 1.807) is 30.3 Å². The topological polar surface area (TPSA) is 114 Å². The zero-order valence-electron chi connectivity index (χ0n) is 20.5. The van der Waals surface area contributed by atoms with Crippen molar-refractivity contribution in [1.29, 1.82) is 0 Å². The van der Waals surface area contributed by atoms with Gasteiger partial charge in [0.25, 0.3) is 5.91 Å². The Morgan fingerprint density at radius 3 is 2.19 bits per heavy atom. The lowest BCUT2D eigenvalue weighted by atomic mass is 9.86. The molecule has 1 heterocycles. The van der Waals surface area contributed by atoms with E-state index in [4.69, 9.17) is 4.74 Å². The van der Waals surface area contributed by atoms with Gasteiger partial charge < -0.3 is 10.1 Å². The molecule has 4 rings (SSSR count). The summed E-state index contributed by atoms with van der Waals surface area (Å²) in [5.41, 5.74) is 4.82. The number of hydrogen-bond donors (Lipinski definition) is 2. The fraction of sp³-hybridized carbons (Fsp3) is 0.214. The number of amides is 1. The van der Waals surface area contributed by atoms with Crippen molar-refractivity contribution >= 4 is 17.6 Å². The highest BCUT2D eigenvalue weighted by Gasteiger charge is 2.25. The first-order valence-electron chi connectivity index (χ1n) is 11.5.